The third-order valence-corrected chi connectivity index (χ3v) is 4.50. The summed E-state index contributed by atoms with van der Waals surface area (Å²) in [6.07, 6.45) is 6.07. The van der Waals surface area contributed by atoms with Crippen LogP contribution in [0.3, 0.4) is 0 Å². The highest BCUT2D eigenvalue weighted by Crippen LogP contribution is 2.23. The Balaban J connectivity index is 1.72. The third kappa shape index (κ3) is 5.33. The summed E-state index contributed by atoms with van der Waals surface area (Å²) in [5.74, 6) is 1.57. The summed E-state index contributed by atoms with van der Waals surface area (Å²) in [7, 11) is 0. The van der Waals surface area contributed by atoms with Gasteiger partial charge in [-0.15, -0.1) is 0 Å². The second-order valence-corrected chi connectivity index (χ2v) is 6.36. The second kappa shape index (κ2) is 8.40. The number of aryl methyl sites for hydroxylation is 1. The zero-order valence-electron chi connectivity index (χ0n) is 13.3. The van der Waals surface area contributed by atoms with Crippen LogP contribution in [-0.4, -0.2) is 30.4 Å². The molecule has 0 bridgehead atoms. The molecule has 0 radical (unpaired) electrons. The first-order chi connectivity index (χ1) is 10.2. The van der Waals surface area contributed by atoms with Crippen molar-refractivity contribution >= 4 is 0 Å². The number of nitrogens with one attached hydrogen (secondary N) is 1. The molecule has 3 nitrogen and oxygen atoms in total. The molecule has 0 amide bonds. The molecule has 0 aromatic heterocycles. The van der Waals surface area contributed by atoms with Crippen LogP contribution in [-0.2, 0) is 0 Å². The molecule has 0 heterocycles. The van der Waals surface area contributed by atoms with Crippen LogP contribution >= 0.6 is 0 Å². The van der Waals surface area contributed by atoms with Gasteiger partial charge in [0.1, 0.15) is 18.5 Å². The van der Waals surface area contributed by atoms with Crippen molar-refractivity contribution in [1.82, 2.24) is 5.32 Å². The first-order valence-electron chi connectivity index (χ1n) is 8.26. The lowest BCUT2D eigenvalue weighted by atomic mass is 9.97. The van der Waals surface area contributed by atoms with Gasteiger partial charge >= 0.3 is 0 Å². The van der Waals surface area contributed by atoms with Crippen LogP contribution in [0.2, 0.25) is 0 Å². The smallest absolute Gasteiger partial charge is 0.122 e. The molecule has 1 aromatic rings. The van der Waals surface area contributed by atoms with Gasteiger partial charge in [-0.25, -0.2) is 0 Å². The summed E-state index contributed by atoms with van der Waals surface area (Å²) < 4.78 is 5.70. The number of para-hydroxylation sites is 1. The average Bonchev–Trinajstić information content (AvgIpc) is 2.69. The highest BCUT2D eigenvalue weighted by atomic mass is 16.5. The predicted molar refractivity (Wildman–Crippen MR) is 86.7 cm³/mol. The molecule has 1 aliphatic rings. The van der Waals surface area contributed by atoms with E-state index in [4.69, 9.17) is 4.74 Å². The Morgan fingerprint density at radius 3 is 2.81 bits per heavy atom. The number of hydrogen-bond donors (Lipinski definition) is 2. The van der Waals surface area contributed by atoms with E-state index >= 15 is 0 Å². The molecule has 1 fully saturated rings. The van der Waals surface area contributed by atoms with Gasteiger partial charge in [-0.1, -0.05) is 44.4 Å². The maximum Gasteiger partial charge on any atom is 0.122 e. The van der Waals surface area contributed by atoms with Crippen LogP contribution < -0.4 is 10.1 Å². The van der Waals surface area contributed by atoms with Gasteiger partial charge in [-0.3, -0.25) is 0 Å². The van der Waals surface area contributed by atoms with Crippen molar-refractivity contribution in [2.24, 2.45) is 5.92 Å². The Morgan fingerprint density at radius 1 is 1.24 bits per heavy atom. The largest absolute Gasteiger partial charge is 0.491 e. The van der Waals surface area contributed by atoms with Gasteiger partial charge in [-0.05, 0) is 37.3 Å². The Bertz CT molecular complexity index is 421. The maximum atomic E-state index is 10.1. The molecular formula is C18H29NO2. The van der Waals surface area contributed by atoms with E-state index in [0.717, 1.165) is 11.3 Å². The van der Waals surface area contributed by atoms with Gasteiger partial charge in [0.05, 0.1) is 0 Å². The minimum Gasteiger partial charge on any atom is -0.491 e. The first kappa shape index (κ1) is 16.3. The van der Waals surface area contributed by atoms with Crippen molar-refractivity contribution in [3.63, 3.8) is 0 Å². The van der Waals surface area contributed by atoms with Crippen LogP contribution in [0.25, 0.3) is 0 Å². The molecular weight excluding hydrogens is 262 g/mol. The Labute approximate surface area is 128 Å². The number of aliphatic hydroxyl groups excluding tert-OH is 1. The Hall–Kier alpha value is -1.06. The highest BCUT2D eigenvalue weighted by molar-refractivity contribution is 5.31. The fourth-order valence-corrected chi connectivity index (χ4v) is 3.05. The zero-order valence-corrected chi connectivity index (χ0v) is 13.3. The molecule has 0 saturated heterocycles. The number of rotatable bonds is 6. The normalized spacial score (nSPS) is 24.3. The molecule has 1 aromatic carbocycles. The van der Waals surface area contributed by atoms with Gasteiger partial charge < -0.3 is 15.2 Å². The van der Waals surface area contributed by atoms with Crippen molar-refractivity contribution in [2.75, 3.05) is 13.2 Å². The Kier molecular flexibility index (Phi) is 6.52. The van der Waals surface area contributed by atoms with E-state index in [9.17, 15) is 5.11 Å². The lowest BCUT2D eigenvalue weighted by Gasteiger charge is -2.24. The molecule has 0 spiro atoms. The lowest BCUT2D eigenvalue weighted by Crippen LogP contribution is -2.41. The second-order valence-electron chi connectivity index (χ2n) is 6.36. The van der Waals surface area contributed by atoms with Crippen molar-refractivity contribution in [1.29, 1.82) is 0 Å². The van der Waals surface area contributed by atoms with E-state index in [0.29, 0.717) is 25.1 Å². The molecule has 3 atom stereocenters. The first-order valence-corrected chi connectivity index (χ1v) is 8.26. The monoisotopic (exact) mass is 291 g/mol. The topological polar surface area (TPSA) is 41.5 Å². The van der Waals surface area contributed by atoms with E-state index in [1.54, 1.807) is 0 Å². The molecule has 0 aliphatic heterocycles. The quantitative estimate of drug-likeness (QED) is 0.790. The summed E-state index contributed by atoms with van der Waals surface area (Å²) >= 11 is 0. The Morgan fingerprint density at radius 2 is 2.00 bits per heavy atom. The van der Waals surface area contributed by atoms with Crippen molar-refractivity contribution in [3.05, 3.63) is 29.8 Å². The number of aliphatic hydroxyl groups is 1. The molecule has 3 heteroatoms. The van der Waals surface area contributed by atoms with Crippen molar-refractivity contribution in [3.8, 4) is 5.75 Å². The highest BCUT2D eigenvalue weighted by Gasteiger charge is 2.20. The molecule has 2 N–H and O–H groups in total. The lowest BCUT2D eigenvalue weighted by molar-refractivity contribution is 0.100. The predicted octanol–water partition coefficient (Wildman–Crippen LogP) is 3.29. The fourth-order valence-electron chi connectivity index (χ4n) is 3.05. The summed E-state index contributed by atoms with van der Waals surface area (Å²) in [5.41, 5.74) is 1.11. The summed E-state index contributed by atoms with van der Waals surface area (Å²) in [4.78, 5) is 0. The van der Waals surface area contributed by atoms with Gasteiger partial charge in [0.25, 0.3) is 0 Å². The number of hydrogen-bond acceptors (Lipinski definition) is 3. The van der Waals surface area contributed by atoms with Crippen molar-refractivity contribution in [2.45, 2.75) is 58.1 Å². The third-order valence-electron chi connectivity index (χ3n) is 4.50. The average molecular weight is 291 g/mol. The summed E-state index contributed by atoms with van der Waals surface area (Å²) in [6.45, 7) is 5.30. The molecule has 21 heavy (non-hydrogen) atoms. The number of ether oxygens (including phenoxy) is 1. The van der Waals surface area contributed by atoms with E-state index in [1.807, 2.05) is 31.2 Å². The fraction of sp³-hybridized carbons (Fsp3) is 0.667. The van der Waals surface area contributed by atoms with Gasteiger partial charge in [-0.2, -0.15) is 0 Å². The van der Waals surface area contributed by atoms with Gasteiger partial charge in [0.15, 0.2) is 0 Å². The summed E-state index contributed by atoms with van der Waals surface area (Å²) in [6, 6.07) is 8.46. The SMILES string of the molecule is Cc1ccccc1OCC(O)CNC1CCCCCC1C. The molecule has 118 valence electrons. The van der Waals surface area contributed by atoms with Crippen molar-refractivity contribution < 1.29 is 9.84 Å². The van der Waals surface area contributed by atoms with Gasteiger partial charge in [0.2, 0.25) is 0 Å². The number of benzene rings is 1. The summed E-state index contributed by atoms with van der Waals surface area (Å²) in [5, 5.41) is 13.6. The van der Waals surface area contributed by atoms with E-state index in [2.05, 4.69) is 12.2 Å². The molecule has 1 aliphatic carbocycles. The minimum absolute atomic E-state index is 0.346. The van der Waals surface area contributed by atoms with Crippen LogP contribution in [0.1, 0.15) is 44.6 Å². The molecule has 3 unspecified atom stereocenters. The van der Waals surface area contributed by atoms with E-state index < -0.39 is 6.10 Å². The molecule has 1 saturated carbocycles. The van der Waals surface area contributed by atoms with Crippen LogP contribution in [0.4, 0.5) is 0 Å². The van der Waals surface area contributed by atoms with E-state index in [1.165, 1.54) is 32.1 Å². The van der Waals surface area contributed by atoms with Crippen LogP contribution in [0, 0.1) is 12.8 Å². The zero-order chi connectivity index (χ0) is 15.1. The van der Waals surface area contributed by atoms with Crippen LogP contribution in [0.15, 0.2) is 24.3 Å². The van der Waals surface area contributed by atoms with E-state index in [-0.39, 0.29) is 0 Å². The van der Waals surface area contributed by atoms with Gasteiger partial charge in [0, 0.05) is 12.6 Å². The molecule has 2 rings (SSSR count). The van der Waals surface area contributed by atoms with Crippen LogP contribution in [0.5, 0.6) is 5.75 Å². The minimum atomic E-state index is -0.458. The maximum absolute atomic E-state index is 10.1. The standard InChI is InChI=1S/C18H29NO2/c1-14-8-4-3-5-10-17(14)19-12-16(20)13-21-18-11-7-6-9-15(18)2/h6-7,9,11,14,16-17,19-20H,3-5,8,10,12-13H2,1-2H3.